The summed E-state index contributed by atoms with van der Waals surface area (Å²) in [4.78, 5) is 26.5. The first kappa shape index (κ1) is 20.3. The molecule has 154 valence electrons. The first-order chi connectivity index (χ1) is 14.6. The number of thiophene rings is 1. The summed E-state index contributed by atoms with van der Waals surface area (Å²) in [6, 6.07) is 16.2. The Morgan fingerprint density at radius 1 is 1.13 bits per heavy atom. The molecule has 1 aliphatic rings. The highest BCUT2D eigenvalue weighted by molar-refractivity contribution is 7.08. The fraction of sp³-hybridized carbons (Fsp3) is 0.182. The van der Waals surface area contributed by atoms with Crippen LogP contribution in [0.5, 0.6) is 0 Å². The van der Waals surface area contributed by atoms with Gasteiger partial charge in [-0.25, -0.2) is 9.59 Å². The number of nitrogens with one attached hydrogen (secondary N) is 3. The van der Waals surface area contributed by atoms with E-state index < -0.39 is 0 Å². The Bertz CT molecular complexity index is 1020. The van der Waals surface area contributed by atoms with Crippen molar-refractivity contribution in [1.29, 1.82) is 0 Å². The van der Waals surface area contributed by atoms with Gasteiger partial charge in [0, 0.05) is 30.3 Å². The van der Waals surface area contributed by atoms with Crippen molar-refractivity contribution in [3.8, 4) is 0 Å². The summed E-state index contributed by atoms with van der Waals surface area (Å²) in [6.07, 6.45) is 0. The zero-order valence-electron chi connectivity index (χ0n) is 16.1. The number of urea groups is 2. The van der Waals surface area contributed by atoms with Crippen LogP contribution in [-0.2, 0) is 6.54 Å². The third-order valence-corrected chi connectivity index (χ3v) is 5.88. The first-order valence-electron chi connectivity index (χ1n) is 9.56. The molecule has 4 amide bonds. The van der Waals surface area contributed by atoms with Crippen LogP contribution in [0.3, 0.4) is 0 Å². The molecular weight excluding hydrogens is 420 g/mol. The lowest BCUT2D eigenvalue weighted by Gasteiger charge is -2.21. The minimum absolute atomic E-state index is 0.0884. The maximum atomic E-state index is 12.9. The number of rotatable bonds is 6. The molecule has 2 aromatic carbocycles. The molecule has 0 radical (unpaired) electrons. The Hall–Kier alpha value is -3.03. The summed E-state index contributed by atoms with van der Waals surface area (Å²) < 4.78 is 0. The summed E-state index contributed by atoms with van der Waals surface area (Å²) >= 11 is 7.60. The van der Waals surface area contributed by atoms with E-state index in [1.807, 2.05) is 65.4 Å². The lowest BCUT2D eigenvalue weighted by Crippen LogP contribution is -2.34. The highest BCUT2D eigenvalue weighted by atomic mass is 35.5. The number of amides is 4. The number of benzene rings is 2. The number of carbonyl (C=O) groups excluding carboxylic acids is 2. The number of hydrogen-bond acceptors (Lipinski definition) is 3. The molecule has 1 saturated heterocycles. The highest BCUT2D eigenvalue weighted by Crippen LogP contribution is 2.26. The van der Waals surface area contributed by atoms with Gasteiger partial charge in [0.1, 0.15) is 0 Å². The van der Waals surface area contributed by atoms with Gasteiger partial charge in [-0.15, -0.1) is 0 Å². The predicted octanol–water partition coefficient (Wildman–Crippen LogP) is 4.84. The van der Waals surface area contributed by atoms with Crippen molar-refractivity contribution in [2.75, 3.05) is 18.4 Å². The molecule has 3 aromatic rings. The van der Waals surface area contributed by atoms with Crippen molar-refractivity contribution in [2.45, 2.75) is 12.6 Å². The summed E-state index contributed by atoms with van der Waals surface area (Å²) in [5, 5.41) is 13.4. The highest BCUT2D eigenvalue weighted by Gasteiger charge is 2.22. The lowest BCUT2D eigenvalue weighted by atomic mass is 10.0. The van der Waals surface area contributed by atoms with Crippen LogP contribution in [0.15, 0.2) is 65.4 Å². The molecule has 8 heteroatoms. The normalized spacial score (nSPS) is 14.3. The number of halogens is 1. The molecule has 3 N–H and O–H groups in total. The molecular formula is C22H21ClN4O2S. The Morgan fingerprint density at radius 2 is 1.93 bits per heavy atom. The predicted molar refractivity (Wildman–Crippen MR) is 120 cm³/mol. The third kappa shape index (κ3) is 4.75. The van der Waals surface area contributed by atoms with Gasteiger partial charge >= 0.3 is 12.1 Å². The molecule has 4 rings (SSSR count). The molecule has 1 unspecified atom stereocenters. The minimum atomic E-state index is -0.320. The molecule has 0 aliphatic carbocycles. The smallest absolute Gasteiger partial charge is 0.319 e. The number of carbonyl (C=O) groups is 2. The van der Waals surface area contributed by atoms with Gasteiger partial charge in [0.05, 0.1) is 6.04 Å². The van der Waals surface area contributed by atoms with E-state index in [1.165, 1.54) is 0 Å². The number of nitrogens with zero attached hydrogens (tertiary/aromatic N) is 1. The second-order valence-corrected chi connectivity index (χ2v) is 8.17. The average Bonchev–Trinajstić information content (AvgIpc) is 3.41. The Balaban J connectivity index is 1.50. The van der Waals surface area contributed by atoms with Crippen molar-refractivity contribution in [3.05, 3.63) is 87.1 Å². The quantitative estimate of drug-likeness (QED) is 0.513. The van der Waals surface area contributed by atoms with Gasteiger partial charge in [0.25, 0.3) is 0 Å². The first-order valence-corrected chi connectivity index (χ1v) is 10.9. The second-order valence-electron chi connectivity index (χ2n) is 6.95. The molecule has 30 heavy (non-hydrogen) atoms. The van der Waals surface area contributed by atoms with Crippen molar-refractivity contribution in [1.82, 2.24) is 15.5 Å². The molecule has 0 saturated carbocycles. The topological polar surface area (TPSA) is 73.5 Å². The van der Waals surface area contributed by atoms with Crippen molar-refractivity contribution >= 4 is 40.7 Å². The Kier molecular flexibility index (Phi) is 6.21. The van der Waals surface area contributed by atoms with Gasteiger partial charge < -0.3 is 20.9 Å². The van der Waals surface area contributed by atoms with E-state index in [1.54, 1.807) is 16.2 Å². The van der Waals surface area contributed by atoms with Crippen LogP contribution in [-0.4, -0.2) is 30.1 Å². The largest absolute Gasteiger partial charge is 0.336 e. The number of anilines is 1. The van der Waals surface area contributed by atoms with Gasteiger partial charge in [-0.3, -0.25) is 0 Å². The lowest BCUT2D eigenvalue weighted by molar-refractivity contribution is 0.215. The summed E-state index contributed by atoms with van der Waals surface area (Å²) in [6.45, 7) is 1.72. The van der Waals surface area contributed by atoms with Crippen molar-refractivity contribution in [3.63, 3.8) is 0 Å². The van der Waals surface area contributed by atoms with E-state index >= 15 is 0 Å². The maximum absolute atomic E-state index is 12.9. The molecule has 1 aromatic heterocycles. The van der Waals surface area contributed by atoms with E-state index in [9.17, 15) is 9.59 Å². The van der Waals surface area contributed by atoms with Gasteiger partial charge in [-0.2, -0.15) is 11.3 Å². The van der Waals surface area contributed by atoms with Crippen molar-refractivity contribution < 1.29 is 9.59 Å². The van der Waals surface area contributed by atoms with Gasteiger partial charge in [0.15, 0.2) is 0 Å². The maximum Gasteiger partial charge on any atom is 0.319 e. The summed E-state index contributed by atoms with van der Waals surface area (Å²) in [7, 11) is 0. The molecule has 6 nitrogen and oxygen atoms in total. The third-order valence-electron chi connectivity index (χ3n) is 4.93. The molecule has 0 bridgehead atoms. The fourth-order valence-electron chi connectivity index (χ4n) is 3.39. The van der Waals surface area contributed by atoms with E-state index in [2.05, 4.69) is 16.0 Å². The molecule has 1 aliphatic heterocycles. The van der Waals surface area contributed by atoms with Gasteiger partial charge in [-0.05, 0) is 51.7 Å². The zero-order chi connectivity index (χ0) is 20.9. The average molecular weight is 441 g/mol. The second kappa shape index (κ2) is 9.19. The monoisotopic (exact) mass is 440 g/mol. The number of para-hydroxylation sites is 1. The van der Waals surface area contributed by atoms with E-state index in [-0.39, 0.29) is 18.1 Å². The van der Waals surface area contributed by atoms with Crippen LogP contribution >= 0.6 is 22.9 Å². The zero-order valence-corrected chi connectivity index (χ0v) is 17.7. The summed E-state index contributed by atoms with van der Waals surface area (Å²) in [5.41, 5.74) is 3.49. The van der Waals surface area contributed by atoms with Crippen molar-refractivity contribution in [2.24, 2.45) is 0 Å². The van der Waals surface area contributed by atoms with Crippen LogP contribution < -0.4 is 16.0 Å². The SMILES string of the molecule is O=C(Nc1ccccc1CN1CCNC1=O)NC(c1ccc(Cl)cc1)c1ccsc1. The standard InChI is InChI=1S/C22H21ClN4O2S/c23-18-7-5-15(6-8-18)20(17-9-12-30-14-17)26-21(28)25-19-4-2-1-3-16(19)13-27-11-10-24-22(27)29/h1-9,12,14,20H,10-11,13H2,(H,24,29)(H2,25,26,28). The Labute approximate surface area is 183 Å². The fourth-order valence-corrected chi connectivity index (χ4v) is 4.20. The van der Waals surface area contributed by atoms with Crippen LogP contribution in [0.1, 0.15) is 22.7 Å². The van der Waals surface area contributed by atoms with Crippen LogP contribution in [0.4, 0.5) is 15.3 Å². The van der Waals surface area contributed by atoms with Crippen LogP contribution in [0.25, 0.3) is 0 Å². The van der Waals surface area contributed by atoms with E-state index in [0.29, 0.717) is 30.3 Å². The molecule has 1 atom stereocenters. The minimum Gasteiger partial charge on any atom is -0.336 e. The van der Waals surface area contributed by atoms with E-state index in [4.69, 9.17) is 11.6 Å². The van der Waals surface area contributed by atoms with Crippen LogP contribution in [0.2, 0.25) is 5.02 Å². The molecule has 1 fully saturated rings. The number of hydrogen-bond donors (Lipinski definition) is 3. The molecule has 2 heterocycles. The van der Waals surface area contributed by atoms with Gasteiger partial charge in [0.2, 0.25) is 0 Å². The summed E-state index contributed by atoms with van der Waals surface area (Å²) in [5.74, 6) is 0. The Morgan fingerprint density at radius 3 is 2.63 bits per heavy atom. The van der Waals surface area contributed by atoms with Crippen LogP contribution in [0, 0.1) is 0 Å². The van der Waals surface area contributed by atoms with E-state index in [0.717, 1.165) is 16.7 Å². The van der Waals surface area contributed by atoms with Gasteiger partial charge in [-0.1, -0.05) is 41.9 Å². The molecule has 0 spiro atoms.